The van der Waals surface area contributed by atoms with E-state index in [2.05, 4.69) is 40.7 Å². The zero-order chi connectivity index (χ0) is 14.6. The molecule has 0 aromatic carbocycles. The minimum absolute atomic E-state index is 0.0547. The van der Waals surface area contributed by atoms with Gasteiger partial charge in [0.15, 0.2) is 5.69 Å². The monoisotopic (exact) mass is 265 g/mol. The summed E-state index contributed by atoms with van der Waals surface area (Å²) in [5.41, 5.74) is 1.83. The topological polar surface area (TPSA) is 75.3 Å². The van der Waals surface area contributed by atoms with Gasteiger partial charge >= 0.3 is 0 Å². The molecule has 0 N–H and O–H groups in total. The van der Waals surface area contributed by atoms with E-state index >= 15 is 0 Å². The Labute approximate surface area is 118 Å². The molecule has 0 bridgehead atoms. The minimum atomic E-state index is -0.0547. The molecule has 2 heterocycles. The Bertz CT molecular complexity index is 643. The summed E-state index contributed by atoms with van der Waals surface area (Å²) < 4.78 is 0. The summed E-state index contributed by atoms with van der Waals surface area (Å²) in [6, 6.07) is 1.93. The van der Waals surface area contributed by atoms with E-state index in [1.165, 1.54) is 6.20 Å². The van der Waals surface area contributed by atoms with Gasteiger partial charge in [0.25, 0.3) is 0 Å². The molecule has 5 nitrogen and oxygen atoms in total. The van der Waals surface area contributed by atoms with Crippen LogP contribution in [0.2, 0.25) is 0 Å². The highest BCUT2D eigenvalue weighted by Crippen LogP contribution is 2.17. The van der Waals surface area contributed by atoms with Gasteiger partial charge in [-0.15, -0.1) is 0 Å². The van der Waals surface area contributed by atoms with Crippen LogP contribution in [-0.2, 0) is 5.41 Å². The van der Waals surface area contributed by atoms with Crippen LogP contribution in [0, 0.1) is 11.3 Å². The number of hydrogen-bond acceptors (Lipinski definition) is 5. The fraction of sp³-hybridized carbons (Fsp3) is 0.267. The number of nitrogens with zero attached hydrogens (tertiary/aromatic N) is 5. The molecule has 0 saturated heterocycles. The third-order valence-electron chi connectivity index (χ3n) is 2.58. The van der Waals surface area contributed by atoms with Crippen molar-refractivity contribution in [3.8, 4) is 6.07 Å². The van der Waals surface area contributed by atoms with Gasteiger partial charge in [-0.25, -0.2) is 15.0 Å². The van der Waals surface area contributed by atoms with E-state index in [1.807, 2.05) is 18.2 Å². The van der Waals surface area contributed by atoms with Crippen molar-refractivity contribution in [1.82, 2.24) is 19.9 Å². The van der Waals surface area contributed by atoms with Crippen LogP contribution < -0.4 is 0 Å². The van der Waals surface area contributed by atoms with E-state index in [0.717, 1.165) is 11.4 Å². The lowest BCUT2D eigenvalue weighted by atomic mass is 9.96. The summed E-state index contributed by atoms with van der Waals surface area (Å²) in [4.78, 5) is 16.8. The molecule has 0 aliphatic carbocycles. The molecule has 0 radical (unpaired) electrons. The molecule has 2 rings (SSSR count). The quantitative estimate of drug-likeness (QED) is 0.834. The summed E-state index contributed by atoms with van der Waals surface area (Å²) in [5, 5.41) is 8.64. The molecule has 2 aromatic rings. The second-order valence-electron chi connectivity index (χ2n) is 5.36. The Morgan fingerprint density at radius 3 is 2.15 bits per heavy atom. The van der Waals surface area contributed by atoms with E-state index in [1.54, 1.807) is 18.6 Å². The number of hydrogen-bond donors (Lipinski definition) is 0. The van der Waals surface area contributed by atoms with Crippen LogP contribution in [0.15, 0.2) is 24.8 Å². The molecule has 0 saturated carbocycles. The fourth-order valence-electron chi connectivity index (χ4n) is 1.47. The Hall–Kier alpha value is -2.61. The van der Waals surface area contributed by atoms with Crippen molar-refractivity contribution in [2.75, 3.05) is 0 Å². The van der Waals surface area contributed by atoms with Gasteiger partial charge in [0.1, 0.15) is 11.9 Å². The van der Waals surface area contributed by atoms with Gasteiger partial charge in [-0.3, -0.25) is 4.98 Å². The smallest absolute Gasteiger partial charge is 0.158 e. The second-order valence-corrected chi connectivity index (χ2v) is 5.36. The van der Waals surface area contributed by atoms with Crippen LogP contribution in [0.4, 0.5) is 0 Å². The van der Waals surface area contributed by atoms with Crippen LogP contribution in [0.5, 0.6) is 0 Å². The highest BCUT2D eigenvalue weighted by Gasteiger charge is 2.16. The molecular weight excluding hydrogens is 250 g/mol. The number of nitriles is 1. The van der Waals surface area contributed by atoms with E-state index in [4.69, 9.17) is 5.26 Å². The van der Waals surface area contributed by atoms with Gasteiger partial charge < -0.3 is 0 Å². The molecule has 0 unspecified atom stereocenters. The molecule has 2 aromatic heterocycles. The van der Waals surface area contributed by atoms with Gasteiger partial charge in [0.2, 0.25) is 0 Å². The van der Waals surface area contributed by atoms with Crippen molar-refractivity contribution in [3.05, 3.63) is 47.6 Å². The molecule has 20 heavy (non-hydrogen) atoms. The third-order valence-corrected chi connectivity index (χ3v) is 2.58. The van der Waals surface area contributed by atoms with Crippen molar-refractivity contribution < 1.29 is 0 Å². The largest absolute Gasteiger partial charge is 0.252 e. The first-order valence-electron chi connectivity index (χ1n) is 6.22. The molecular formula is C15H15N5. The zero-order valence-electron chi connectivity index (χ0n) is 11.7. The molecule has 0 aliphatic rings. The molecule has 0 spiro atoms. The van der Waals surface area contributed by atoms with E-state index < -0.39 is 0 Å². The Morgan fingerprint density at radius 1 is 0.950 bits per heavy atom. The van der Waals surface area contributed by atoms with Crippen LogP contribution in [-0.4, -0.2) is 19.9 Å². The van der Waals surface area contributed by atoms with Crippen LogP contribution in [0.25, 0.3) is 12.2 Å². The van der Waals surface area contributed by atoms with E-state index in [-0.39, 0.29) is 5.41 Å². The van der Waals surface area contributed by atoms with Crippen molar-refractivity contribution in [2.24, 2.45) is 0 Å². The summed E-state index contributed by atoms with van der Waals surface area (Å²) in [6.07, 6.45) is 10.2. The van der Waals surface area contributed by atoms with Gasteiger partial charge in [-0.05, 0) is 12.2 Å². The standard InChI is InChI=1S/C15H15N5/c1-15(2,3)14-19-7-11(8-20-14)4-5-12-9-18-13(6-16)10-17-12/h4-5,7-10H,1-3H3/b5-4+. The first-order chi connectivity index (χ1) is 9.49. The lowest BCUT2D eigenvalue weighted by Crippen LogP contribution is -2.15. The Morgan fingerprint density at radius 2 is 1.65 bits per heavy atom. The lowest BCUT2D eigenvalue weighted by Gasteiger charge is -2.15. The Kier molecular flexibility index (Phi) is 3.85. The van der Waals surface area contributed by atoms with Crippen molar-refractivity contribution >= 4 is 12.2 Å². The summed E-state index contributed by atoms with van der Waals surface area (Å²) in [7, 11) is 0. The van der Waals surface area contributed by atoms with Crippen LogP contribution in [0.1, 0.15) is 43.5 Å². The molecule has 100 valence electrons. The predicted octanol–water partition coefficient (Wildman–Crippen LogP) is 2.61. The maximum atomic E-state index is 8.64. The Balaban J connectivity index is 2.13. The highest BCUT2D eigenvalue weighted by atomic mass is 14.9. The van der Waals surface area contributed by atoms with Gasteiger partial charge in [0, 0.05) is 23.4 Å². The molecule has 0 fully saturated rings. The fourth-order valence-corrected chi connectivity index (χ4v) is 1.47. The predicted molar refractivity (Wildman–Crippen MR) is 76.4 cm³/mol. The average molecular weight is 265 g/mol. The molecule has 0 amide bonds. The molecule has 0 atom stereocenters. The maximum absolute atomic E-state index is 8.64. The third kappa shape index (κ3) is 3.45. The van der Waals surface area contributed by atoms with Gasteiger partial charge in [-0.1, -0.05) is 20.8 Å². The second kappa shape index (κ2) is 5.57. The summed E-state index contributed by atoms with van der Waals surface area (Å²) in [5.74, 6) is 0.813. The first-order valence-corrected chi connectivity index (χ1v) is 6.22. The van der Waals surface area contributed by atoms with Crippen LogP contribution >= 0.6 is 0 Å². The number of rotatable bonds is 2. The van der Waals surface area contributed by atoms with Crippen molar-refractivity contribution in [2.45, 2.75) is 26.2 Å². The normalized spacial score (nSPS) is 11.5. The van der Waals surface area contributed by atoms with Gasteiger partial charge in [0.05, 0.1) is 18.1 Å². The van der Waals surface area contributed by atoms with Gasteiger partial charge in [-0.2, -0.15) is 5.26 Å². The summed E-state index contributed by atoms with van der Waals surface area (Å²) in [6.45, 7) is 6.22. The van der Waals surface area contributed by atoms with Crippen molar-refractivity contribution in [3.63, 3.8) is 0 Å². The van der Waals surface area contributed by atoms with E-state index in [0.29, 0.717) is 11.4 Å². The average Bonchev–Trinajstić information content (AvgIpc) is 2.45. The molecule has 0 aliphatic heterocycles. The minimum Gasteiger partial charge on any atom is -0.252 e. The SMILES string of the molecule is CC(C)(C)c1ncc(/C=C/c2cnc(C#N)cn2)cn1. The van der Waals surface area contributed by atoms with Crippen molar-refractivity contribution in [1.29, 1.82) is 5.26 Å². The summed E-state index contributed by atoms with van der Waals surface area (Å²) >= 11 is 0. The van der Waals surface area contributed by atoms with E-state index in [9.17, 15) is 0 Å². The molecule has 5 heteroatoms. The zero-order valence-corrected chi connectivity index (χ0v) is 11.7. The first kappa shape index (κ1) is 13.8. The number of aromatic nitrogens is 4. The highest BCUT2D eigenvalue weighted by molar-refractivity contribution is 5.66. The lowest BCUT2D eigenvalue weighted by molar-refractivity contribution is 0.545. The maximum Gasteiger partial charge on any atom is 0.158 e. The van der Waals surface area contributed by atoms with Crippen LogP contribution in [0.3, 0.4) is 0 Å².